The highest BCUT2D eigenvalue weighted by molar-refractivity contribution is 5.73. The van der Waals surface area contributed by atoms with Gasteiger partial charge in [-0.1, -0.05) is 109 Å². The van der Waals surface area contributed by atoms with E-state index in [0.717, 1.165) is 18.4 Å². The van der Waals surface area contributed by atoms with Crippen LogP contribution in [0.3, 0.4) is 0 Å². The van der Waals surface area contributed by atoms with Crippen molar-refractivity contribution in [2.24, 2.45) is 0 Å². The summed E-state index contributed by atoms with van der Waals surface area (Å²) in [5.41, 5.74) is 7.42. The minimum Gasteiger partial charge on any atom is -0.264 e. The third-order valence-electron chi connectivity index (χ3n) is 5.21. The fourth-order valence-electron chi connectivity index (χ4n) is 3.39. The second-order valence-corrected chi connectivity index (χ2v) is 7.62. The molecule has 0 aliphatic carbocycles. The number of hydrogen-bond acceptors (Lipinski definition) is 1. The Hall–Kier alpha value is -3.71. The van der Waals surface area contributed by atoms with Crippen LogP contribution in [-0.2, 0) is 6.42 Å². The first-order chi connectivity index (χ1) is 15.8. The number of rotatable bonds is 9. The average molecular weight is 418 g/mol. The molecule has 0 saturated heterocycles. The van der Waals surface area contributed by atoms with Gasteiger partial charge >= 0.3 is 0 Å². The molecule has 1 heteroatoms. The lowest BCUT2D eigenvalue weighted by molar-refractivity contribution is 1.23. The van der Waals surface area contributed by atoms with Gasteiger partial charge in [-0.25, -0.2) is 0 Å². The summed E-state index contributed by atoms with van der Waals surface area (Å²) in [6.07, 6.45) is 22.9. The Balaban J connectivity index is 1.52. The van der Waals surface area contributed by atoms with Crippen molar-refractivity contribution in [1.29, 1.82) is 0 Å². The van der Waals surface area contributed by atoms with Crippen LogP contribution in [0.2, 0.25) is 0 Å². The standard InChI is InChI=1S/C31H31N/c1-3-29(31-22-13-23-32-25-31)20-10-5-4-7-17-28-19-12-21-30(24-28)26(2)14-11-18-27-15-8-6-9-16-27/h3-4,6-16,18-25H,5,17H2,1-2H3/b7-4+,18-11-,20-10-,26-14+,29-3+. The van der Waals surface area contributed by atoms with Crippen molar-refractivity contribution in [2.45, 2.75) is 26.7 Å². The molecule has 3 aromatic rings. The topological polar surface area (TPSA) is 12.9 Å². The van der Waals surface area contributed by atoms with E-state index in [1.807, 2.05) is 18.3 Å². The highest BCUT2D eigenvalue weighted by atomic mass is 14.6. The summed E-state index contributed by atoms with van der Waals surface area (Å²) < 4.78 is 0. The van der Waals surface area contributed by atoms with Crippen LogP contribution < -0.4 is 0 Å². The van der Waals surface area contributed by atoms with E-state index < -0.39 is 0 Å². The Morgan fingerprint density at radius 1 is 0.875 bits per heavy atom. The SMILES string of the molecule is C/C=C(\C=C/C/C=C/Cc1cccc(/C(C)=C/C=C\c2ccccc2)c1)c1cccnc1. The first-order valence-electron chi connectivity index (χ1n) is 11.1. The normalized spacial score (nSPS) is 12.9. The highest BCUT2D eigenvalue weighted by Gasteiger charge is 1.97. The molecule has 0 bridgehead atoms. The number of allylic oxidation sites excluding steroid dienone is 9. The van der Waals surface area contributed by atoms with Crippen molar-refractivity contribution in [3.63, 3.8) is 0 Å². The summed E-state index contributed by atoms with van der Waals surface area (Å²) in [6, 6.07) is 23.2. The molecule has 0 atom stereocenters. The molecular formula is C31H31N. The van der Waals surface area contributed by atoms with Crippen LogP contribution in [0.4, 0.5) is 0 Å². The maximum Gasteiger partial charge on any atom is 0.0346 e. The summed E-state index contributed by atoms with van der Waals surface area (Å²) in [5.74, 6) is 0. The number of nitrogens with zero attached hydrogens (tertiary/aromatic N) is 1. The molecule has 0 aliphatic heterocycles. The lowest BCUT2D eigenvalue weighted by Crippen LogP contribution is -1.85. The Bertz CT molecular complexity index is 1110. The molecule has 0 aliphatic rings. The number of hydrogen-bond donors (Lipinski definition) is 0. The molecule has 1 heterocycles. The largest absolute Gasteiger partial charge is 0.264 e. The van der Waals surface area contributed by atoms with Crippen molar-refractivity contribution in [3.8, 4) is 0 Å². The summed E-state index contributed by atoms with van der Waals surface area (Å²) in [7, 11) is 0. The zero-order chi connectivity index (χ0) is 22.4. The van der Waals surface area contributed by atoms with E-state index in [1.165, 1.54) is 27.8 Å². The molecule has 0 amide bonds. The van der Waals surface area contributed by atoms with Crippen molar-refractivity contribution in [3.05, 3.63) is 144 Å². The zero-order valence-electron chi connectivity index (χ0n) is 19.0. The Morgan fingerprint density at radius 3 is 2.50 bits per heavy atom. The van der Waals surface area contributed by atoms with Crippen molar-refractivity contribution >= 4 is 17.2 Å². The fraction of sp³-hybridized carbons (Fsp3) is 0.129. The van der Waals surface area contributed by atoms with Gasteiger partial charge in [0.25, 0.3) is 0 Å². The van der Waals surface area contributed by atoms with E-state index in [0.29, 0.717) is 0 Å². The first kappa shape index (κ1) is 23.0. The third-order valence-corrected chi connectivity index (χ3v) is 5.21. The van der Waals surface area contributed by atoms with Gasteiger partial charge in [0, 0.05) is 12.4 Å². The molecule has 0 N–H and O–H groups in total. The van der Waals surface area contributed by atoms with Crippen molar-refractivity contribution in [1.82, 2.24) is 4.98 Å². The van der Waals surface area contributed by atoms with E-state index in [1.54, 1.807) is 6.20 Å². The van der Waals surface area contributed by atoms with E-state index in [2.05, 4.69) is 122 Å². The summed E-state index contributed by atoms with van der Waals surface area (Å²) in [4.78, 5) is 4.20. The van der Waals surface area contributed by atoms with Gasteiger partial charge < -0.3 is 0 Å². The Kier molecular flexibility index (Phi) is 9.23. The second-order valence-electron chi connectivity index (χ2n) is 7.62. The molecule has 160 valence electrons. The lowest BCUT2D eigenvalue weighted by atomic mass is 10.0. The number of aromatic nitrogens is 1. The average Bonchev–Trinajstić information content (AvgIpc) is 2.85. The van der Waals surface area contributed by atoms with Crippen molar-refractivity contribution in [2.75, 3.05) is 0 Å². The fourth-order valence-corrected chi connectivity index (χ4v) is 3.39. The van der Waals surface area contributed by atoms with E-state index in [9.17, 15) is 0 Å². The maximum atomic E-state index is 4.20. The highest BCUT2D eigenvalue weighted by Crippen LogP contribution is 2.17. The predicted molar refractivity (Wildman–Crippen MR) is 140 cm³/mol. The van der Waals surface area contributed by atoms with Gasteiger partial charge in [0.15, 0.2) is 0 Å². The molecular weight excluding hydrogens is 386 g/mol. The maximum absolute atomic E-state index is 4.20. The molecule has 0 fully saturated rings. The lowest BCUT2D eigenvalue weighted by Gasteiger charge is -2.04. The van der Waals surface area contributed by atoms with Gasteiger partial charge in [-0.2, -0.15) is 0 Å². The predicted octanol–water partition coefficient (Wildman–Crippen LogP) is 8.35. The van der Waals surface area contributed by atoms with Gasteiger partial charge in [0.05, 0.1) is 0 Å². The molecule has 0 spiro atoms. The van der Waals surface area contributed by atoms with Gasteiger partial charge in [0.1, 0.15) is 0 Å². The molecule has 1 nitrogen and oxygen atoms in total. The molecule has 2 aromatic carbocycles. The smallest absolute Gasteiger partial charge is 0.0346 e. The van der Waals surface area contributed by atoms with Crippen LogP contribution in [0, 0.1) is 0 Å². The quantitative estimate of drug-likeness (QED) is 0.252. The molecule has 0 radical (unpaired) electrons. The van der Waals surface area contributed by atoms with E-state index in [-0.39, 0.29) is 0 Å². The molecule has 3 rings (SSSR count). The van der Waals surface area contributed by atoms with Crippen molar-refractivity contribution < 1.29 is 0 Å². The monoisotopic (exact) mass is 417 g/mol. The van der Waals surface area contributed by atoms with Gasteiger partial charge in [-0.15, -0.1) is 0 Å². The van der Waals surface area contributed by atoms with Gasteiger partial charge in [-0.3, -0.25) is 4.98 Å². The Morgan fingerprint density at radius 2 is 1.72 bits per heavy atom. The molecule has 0 saturated carbocycles. The van der Waals surface area contributed by atoms with Crippen LogP contribution >= 0.6 is 0 Å². The first-order valence-corrected chi connectivity index (χ1v) is 11.1. The van der Waals surface area contributed by atoms with Crippen LogP contribution in [-0.4, -0.2) is 4.98 Å². The van der Waals surface area contributed by atoms with E-state index >= 15 is 0 Å². The molecule has 32 heavy (non-hydrogen) atoms. The summed E-state index contributed by atoms with van der Waals surface area (Å²) in [6.45, 7) is 4.22. The minimum atomic E-state index is 0.917. The molecule has 0 unspecified atom stereocenters. The second kappa shape index (κ2) is 12.9. The third kappa shape index (κ3) is 7.52. The summed E-state index contributed by atoms with van der Waals surface area (Å²) >= 11 is 0. The van der Waals surface area contributed by atoms with Crippen LogP contribution in [0.1, 0.15) is 42.5 Å². The molecule has 1 aromatic heterocycles. The van der Waals surface area contributed by atoms with Crippen LogP contribution in [0.15, 0.2) is 122 Å². The van der Waals surface area contributed by atoms with Crippen LogP contribution in [0.5, 0.6) is 0 Å². The van der Waals surface area contributed by atoms with Crippen LogP contribution in [0.25, 0.3) is 17.2 Å². The summed E-state index contributed by atoms with van der Waals surface area (Å²) in [5, 5.41) is 0. The van der Waals surface area contributed by atoms with Gasteiger partial charge in [0.2, 0.25) is 0 Å². The number of pyridine rings is 1. The minimum absolute atomic E-state index is 0.917. The Labute approximate surface area is 192 Å². The van der Waals surface area contributed by atoms with E-state index in [4.69, 9.17) is 0 Å². The van der Waals surface area contributed by atoms with Gasteiger partial charge in [-0.05, 0) is 66.2 Å². The zero-order valence-corrected chi connectivity index (χ0v) is 19.0. The number of benzene rings is 2.